The first kappa shape index (κ1) is 20.2. The lowest BCUT2D eigenvalue weighted by molar-refractivity contribution is -0.148. The van der Waals surface area contributed by atoms with E-state index in [1.54, 1.807) is 6.92 Å². The summed E-state index contributed by atoms with van der Waals surface area (Å²) in [4.78, 5) is 36.1. The molecule has 0 aromatic heterocycles. The lowest BCUT2D eigenvalue weighted by Crippen LogP contribution is -2.41. The van der Waals surface area contributed by atoms with E-state index in [9.17, 15) is 14.4 Å². The van der Waals surface area contributed by atoms with Gasteiger partial charge >= 0.3 is 18.0 Å². The molecular weight excluding hydrogens is 290 g/mol. The molecule has 0 rings (SSSR count). The Morgan fingerprint density at radius 3 is 1.59 bits per heavy atom. The van der Waals surface area contributed by atoms with E-state index in [-0.39, 0.29) is 19.7 Å². The highest BCUT2D eigenvalue weighted by molar-refractivity contribution is 5.82. The third kappa shape index (κ3) is 10.0. The van der Waals surface area contributed by atoms with Gasteiger partial charge in [0.25, 0.3) is 0 Å². The van der Waals surface area contributed by atoms with Crippen LogP contribution in [0.2, 0.25) is 0 Å². The van der Waals surface area contributed by atoms with Crippen molar-refractivity contribution >= 4 is 18.0 Å². The van der Waals surface area contributed by atoms with Crippen molar-refractivity contribution in [2.45, 2.75) is 46.5 Å². The minimum Gasteiger partial charge on any atom is -0.464 e. The molecule has 128 valence electrons. The van der Waals surface area contributed by atoms with Gasteiger partial charge in [0.05, 0.1) is 19.8 Å². The zero-order chi connectivity index (χ0) is 16.8. The van der Waals surface area contributed by atoms with Crippen LogP contribution in [0.4, 0.5) is 4.79 Å². The molecule has 0 radical (unpaired) electrons. The number of hydrogen-bond donors (Lipinski definition) is 0. The largest absolute Gasteiger partial charge is 0.464 e. The van der Waals surface area contributed by atoms with Crippen LogP contribution in [0, 0.1) is 0 Å². The SMILES string of the molecule is CCCCOC(=O)CN(CC(=O)OCCCC)C(=O)OCC. The molecule has 7 nitrogen and oxygen atoms in total. The highest BCUT2D eigenvalue weighted by atomic mass is 16.6. The standard InChI is InChI=1S/C15H27NO6/c1-4-7-9-21-13(17)11-16(15(19)20-6-3)12-14(18)22-10-8-5-2/h4-12H2,1-3H3. The number of ether oxygens (including phenoxy) is 3. The number of esters is 2. The van der Waals surface area contributed by atoms with Crippen LogP contribution < -0.4 is 0 Å². The Bertz CT molecular complexity index is 321. The van der Waals surface area contributed by atoms with Gasteiger partial charge in [0.1, 0.15) is 13.1 Å². The Hall–Kier alpha value is -1.79. The third-order valence-corrected chi connectivity index (χ3v) is 2.69. The molecule has 0 N–H and O–H groups in total. The molecule has 0 saturated carbocycles. The number of hydrogen-bond acceptors (Lipinski definition) is 6. The second-order valence-corrected chi connectivity index (χ2v) is 4.70. The van der Waals surface area contributed by atoms with E-state index in [1.165, 1.54) is 0 Å². The van der Waals surface area contributed by atoms with Crippen LogP contribution in [-0.4, -0.2) is 55.8 Å². The van der Waals surface area contributed by atoms with Crippen LogP contribution in [-0.2, 0) is 23.8 Å². The minimum absolute atomic E-state index is 0.158. The van der Waals surface area contributed by atoms with Gasteiger partial charge in [-0.15, -0.1) is 0 Å². The second-order valence-electron chi connectivity index (χ2n) is 4.70. The van der Waals surface area contributed by atoms with Gasteiger partial charge < -0.3 is 14.2 Å². The first-order valence-corrected chi connectivity index (χ1v) is 7.78. The van der Waals surface area contributed by atoms with Crippen molar-refractivity contribution < 1.29 is 28.6 Å². The molecule has 7 heteroatoms. The number of amides is 1. The topological polar surface area (TPSA) is 82.1 Å². The van der Waals surface area contributed by atoms with Gasteiger partial charge in [-0.25, -0.2) is 4.79 Å². The number of carbonyl (C=O) groups excluding carboxylic acids is 3. The first-order chi connectivity index (χ1) is 10.5. The van der Waals surface area contributed by atoms with Crippen molar-refractivity contribution in [2.75, 3.05) is 32.9 Å². The lowest BCUT2D eigenvalue weighted by atomic mass is 10.4. The van der Waals surface area contributed by atoms with Crippen molar-refractivity contribution in [2.24, 2.45) is 0 Å². The maximum Gasteiger partial charge on any atom is 0.410 e. The highest BCUT2D eigenvalue weighted by Gasteiger charge is 2.22. The van der Waals surface area contributed by atoms with E-state index in [1.807, 2.05) is 13.8 Å². The summed E-state index contributed by atoms with van der Waals surface area (Å²) in [5.74, 6) is -1.13. The van der Waals surface area contributed by atoms with Gasteiger partial charge in [0.2, 0.25) is 0 Å². The van der Waals surface area contributed by atoms with Gasteiger partial charge in [0.15, 0.2) is 0 Å². The molecule has 0 aliphatic rings. The summed E-state index contributed by atoms with van der Waals surface area (Å²) in [6.45, 7) is 5.70. The zero-order valence-electron chi connectivity index (χ0n) is 13.8. The van der Waals surface area contributed by atoms with Gasteiger partial charge in [-0.3, -0.25) is 14.5 Å². The summed E-state index contributed by atoms with van der Waals surface area (Å²) in [5.41, 5.74) is 0. The van der Waals surface area contributed by atoms with Crippen molar-refractivity contribution in [1.29, 1.82) is 0 Å². The van der Waals surface area contributed by atoms with E-state index in [4.69, 9.17) is 14.2 Å². The summed E-state index contributed by atoms with van der Waals surface area (Å²) in [7, 11) is 0. The summed E-state index contributed by atoms with van der Waals surface area (Å²) in [6.07, 6.45) is 2.58. The van der Waals surface area contributed by atoms with Crippen molar-refractivity contribution in [3.63, 3.8) is 0 Å². The fraction of sp³-hybridized carbons (Fsp3) is 0.800. The number of carbonyl (C=O) groups is 3. The van der Waals surface area contributed by atoms with Crippen molar-refractivity contribution in [3.05, 3.63) is 0 Å². The van der Waals surface area contributed by atoms with E-state index < -0.39 is 18.0 Å². The normalized spacial score (nSPS) is 9.95. The summed E-state index contributed by atoms with van der Waals surface area (Å²) in [6, 6.07) is 0. The van der Waals surface area contributed by atoms with Crippen LogP contribution in [0.1, 0.15) is 46.5 Å². The minimum atomic E-state index is -0.734. The second kappa shape index (κ2) is 12.9. The predicted molar refractivity (Wildman–Crippen MR) is 80.3 cm³/mol. The molecule has 0 heterocycles. The summed E-state index contributed by atoms with van der Waals surface area (Å²) >= 11 is 0. The Labute approximate surface area is 131 Å². The van der Waals surface area contributed by atoms with Crippen LogP contribution in [0.3, 0.4) is 0 Å². The maximum atomic E-state index is 11.8. The van der Waals surface area contributed by atoms with Crippen LogP contribution in [0.25, 0.3) is 0 Å². The Kier molecular flexibility index (Phi) is 11.9. The molecule has 0 aromatic rings. The maximum absolute atomic E-state index is 11.8. The molecule has 0 aromatic carbocycles. The van der Waals surface area contributed by atoms with Crippen molar-refractivity contribution in [3.8, 4) is 0 Å². The fourth-order valence-electron chi connectivity index (χ4n) is 1.46. The molecule has 0 fully saturated rings. The zero-order valence-corrected chi connectivity index (χ0v) is 13.8. The molecule has 0 aliphatic carbocycles. The molecule has 1 amide bonds. The number of nitrogens with zero attached hydrogens (tertiary/aromatic N) is 1. The Morgan fingerprint density at radius 2 is 1.23 bits per heavy atom. The van der Waals surface area contributed by atoms with Gasteiger partial charge in [0, 0.05) is 0 Å². The molecular formula is C15H27NO6. The Balaban J connectivity index is 4.39. The van der Waals surface area contributed by atoms with Crippen LogP contribution >= 0.6 is 0 Å². The monoisotopic (exact) mass is 317 g/mol. The van der Waals surface area contributed by atoms with Crippen LogP contribution in [0.15, 0.2) is 0 Å². The summed E-state index contributed by atoms with van der Waals surface area (Å²) in [5, 5.41) is 0. The van der Waals surface area contributed by atoms with Gasteiger partial charge in [-0.2, -0.15) is 0 Å². The predicted octanol–water partition coefficient (Wildman–Crippen LogP) is 2.13. The van der Waals surface area contributed by atoms with Crippen LogP contribution in [0.5, 0.6) is 0 Å². The van der Waals surface area contributed by atoms with E-state index >= 15 is 0 Å². The first-order valence-electron chi connectivity index (χ1n) is 7.78. The lowest BCUT2D eigenvalue weighted by Gasteiger charge is -2.20. The van der Waals surface area contributed by atoms with E-state index in [2.05, 4.69) is 0 Å². The molecule has 0 unspecified atom stereocenters. The molecule has 22 heavy (non-hydrogen) atoms. The fourth-order valence-corrected chi connectivity index (χ4v) is 1.46. The molecule has 0 saturated heterocycles. The van der Waals surface area contributed by atoms with E-state index in [0.29, 0.717) is 13.2 Å². The van der Waals surface area contributed by atoms with E-state index in [0.717, 1.165) is 30.6 Å². The number of rotatable bonds is 11. The molecule has 0 aliphatic heterocycles. The smallest absolute Gasteiger partial charge is 0.410 e. The third-order valence-electron chi connectivity index (χ3n) is 2.69. The summed E-state index contributed by atoms with van der Waals surface area (Å²) < 4.78 is 14.8. The molecule has 0 atom stereocenters. The van der Waals surface area contributed by atoms with Gasteiger partial charge in [-0.1, -0.05) is 26.7 Å². The number of unbranched alkanes of at least 4 members (excludes halogenated alkanes) is 2. The Morgan fingerprint density at radius 1 is 0.773 bits per heavy atom. The van der Waals surface area contributed by atoms with Crippen molar-refractivity contribution in [1.82, 2.24) is 4.90 Å². The molecule has 0 bridgehead atoms. The highest BCUT2D eigenvalue weighted by Crippen LogP contribution is 1.99. The quantitative estimate of drug-likeness (QED) is 0.330. The van der Waals surface area contributed by atoms with Gasteiger partial charge in [-0.05, 0) is 19.8 Å². The molecule has 0 spiro atoms. The average molecular weight is 317 g/mol. The average Bonchev–Trinajstić information content (AvgIpc) is 2.47.